The summed E-state index contributed by atoms with van der Waals surface area (Å²) in [4.78, 5) is -0.303. The summed E-state index contributed by atoms with van der Waals surface area (Å²) in [6.45, 7) is 6.71. The minimum atomic E-state index is -4.35. The molecule has 69 heavy (non-hydrogen) atoms. The van der Waals surface area contributed by atoms with Crippen molar-refractivity contribution < 1.29 is 38.9 Å². The molecule has 3 rings (SSSR count). The quantitative estimate of drug-likeness (QED) is 0.0368. The second-order valence-corrected chi connectivity index (χ2v) is 22.2. The highest BCUT2D eigenvalue weighted by molar-refractivity contribution is 7.86. The van der Waals surface area contributed by atoms with Gasteiger partial charge in [0, 0.05) is 0 Å². The van der Waals surface area contributed by atoms with Crippen LogP contribution in [-0.2, 0) is 49.6 Å². The first kappa shape index (κ1) is 70.5. The van der Waals surface area contributed by atoms with Crippen molar-refractivity contribution in [2.24, 2.45) is 0 Å². The highest BCUT2D eigenvalue weighted by Gasteiger charge is 2.08. The Bertz CT molecular complexity index is 1980. The lowest BCUT2D eigenvalue weighted by atomic mass is 10.0. The van der Waals surface area contributed by atoms with Gasteiger partial charge in [0.2, 0.25) is 0 Å². The molecule has 0 spiro atoms. The molecule has 0 aliphatic carbocycles. The molecule has 15 heteroatoms. The summed E-state index contributed by atoms with van der Waals surface area (Å²) in [5, 5.41) is 0. The van der Waals surface area contributed by atoms with E-state index in [1.54, 1.807) is 36.4 Å². The van der Waals surface area contributed by atoms with E-state index in [0.29, 0.717) is 12.0 Å². The molecule has 0 unspecified atom stereocenters. The number of hydrogen-bond acceptors (Lipinski definition) is 9. The van der Waals surface area contributed by atoms with Crippen molar-refractivity contribution in [3.05, 3.63) is 89.5 Å². The molecule has 0 atom stereocenters. The molecule has 12 nitrogen and oxygen atoms in total. The van der Waals surface area contributed by atoms with E-state index in [4.69, 9.17) is 0 Å². The van der Waals surface area contributed by atoms with Crippen LogP contribution in [0.15, 0.2) is 87.5 Å². The van der Waals surface area contributed by atoms with E-state index in [1.165, 1.54) is 197 Å². The van der Waals surface area contributed by atoms with Gasteiger partial charge in [-0.05, 0) is 85.5 Å². The molecule has 0 amide bonds. The first-order chi connectivity index (χ1) is 31.6. The van der Waals surface area contributed by atoms with Crippen molar-refractivity contribution in [1.29, 1.82) is 0 Å². The Kier molecular flexibility index (Phi) is 45.0. The van der Waals surface area contributed by atoms with Gasteiger partial charge in [-0.15, -0.1) is 0 Å². The summed E-state index contributed by atoms with van der Waals surface area (Å²) in [6.07, 6.45) is 40.9. The van der Waals surface area contributed by atoms with Gasteiger partial charge >= 0.3 is 0 Å². The maximum Gasteiger partial charge on any atom is 0.124 e. The predicted molar refractivity (Wildman–Crippen MR) is 288 cm³/mol. The van der Waals surface area contributed by atoms with Gasteiger partial charge in [-0.3, -0.25) is 0 Å². The lowest BCUT2D eigenvalue weighted by Crippen LogP contribution is -2.03. The molecule has 0 saturated carbocycles. The maximum absolute atomic E-state index is 11.2. The Morgan fingerprint density at radius 3 is 1.01 bits per heavy atom. The SMILES string of the molecule is CCCCCCCCCCCCc1ccc(S(=O)(=O)[O-])cc1.CCCCCCCCCCCCc1cccc(S(=O)(=O)[O-])c1.CCCCCCCCCCCCc1ccccc1S(=O)(=O)[O-].[NH4+].[NH4+].[NH4+]. The van der Waals surface area contributed by atoms with E-state index < -0.39 is 30.4 Å². The molecule has 402 valence electrons. The lowest BCUT2D eigenvalue weighted by Gasteiger charge is -2.12. The Morgan fingerprint density at radius 1 is 0.319 bits per heavy atom. The lowest BCUT2D eigenvalue weighted by molar-refractivity contribution is 0.460. The minimum absolute atomic E-state index is 0. The van der Waals surface area contributed by atoms with Crippen LogP contribution in [-0.4, -0.2) is 38.9 Å². The fraction of sp³-hybridized carbons (Fsp3) is 0.667. The Morgan fingerprint density at radius 2 is 0.652 bits per heavy atom. The number of unbranched alkanes of at least 4 members (excludes halogenated alkanes) is 27. The Hall–Kier alpha value is -2.73. The van der Waals surface area contributed by atoms with Gasteiger partial charge in [-0.25, -0.2) is 25.3 Å². The van der Waals surface area contributed by atoms with Crippen molar-refractivity contribution in [1.82, 2.24) is 18.5 Å². The summed E-state index contributed by atoms with van der Waals surface area (Å²) in [5.74, 6) is 0. The van der Waals surface area contributed by atoms with Gasteiger partial charge < -0.3 is 32.1 Å². The summed E-state index contributed by atoms with van der Waals surface area (Å²) < 4.78 is 99.0. The van der Waals surface area contributed by atoms with Crippen molar-refractivity contribution >= 4 is 30.4 Å². The van der Waals surface area contributed by atoms with Gasteiger partial charge in [0.25, 0.3) is 0 Å². The molecule has 0 aromatic heterocycles. The van der Waals surface area contributed by atoms with Crippen molar-refractivity contribution in [2.75, 3.05) is 0 Å². The highest BCUT2D eigenvalue weighted by Crippen LogP contribution is 2.20. The number of hydrogen-bond donors (Lipinski definition) is 3. The van der Waals surface area contributed by atoms with Crippen LogP contribution < -0.4 is 18.5 Å². The third kappa shape index (κ3) is 38.6. The van der Waals surface area contributed by atoms with E-state index in [1.807, 2.05) is 6.07 Å². The third-order valence-electron chi connectivity index (χ3n) is 12.1. The Labute approximate surface area is 422 Å². The number of aryl methyl sites for hydroxylation is 3. The first-order valence-electron chi connectivity index (χ1n) is 25.8. The molecule has 0 aliphatic rings. The largest absolute Gasteiger partial charge is 0.744 e. The number of rotatable bonds is 36. The van der Waals surface area contributed by atoms with Crippen LogP contribution in [0.5, 0.6) is 0 Å². The normalized spacial score (nSPS) is 11.2. The maximum atomic E-state index is 11.2. The molecule has 0 fully saturated rings. The summed E-state index contributed by atoms with van der Waals surface area (Å²) >= 11 is 0. The molecule has 12 N–H and O–H groups in total. The molecule has 3 aromatic rings. The fourth-order valence-corrected chi connectivity index (χ4v) is 9.82. The fourth-order valence-electron chi connectivity index (χ4n) is 8.07. The molecule has 0 radical (unpaired) electrons. The van der Waals surface area contributed by atoms with Crippen LogP contribution in [0.4, 0.5) is 0 Å². The first-order valence-corrected chi connectivity index (χ1v) is 30.0. The van der Waals surface area contributed by atoms with Crippen LogP contribution >= 0.6 is 0 Å². The van der Waals surface area contributed by atoms with E-state index in [0.717, 1.165) is 49.7 Å². The van der Waals surface area contributed by atoms with Crippen LogP contribution in [0.2, 0.25) is 0 Å². The number of quaternary nitrogens is 3. The van der Waals surface area contributed by atoms with Crippen LogP contribution in [0.25, 0.3) is 0 Å². The van der Waals surface area contributed by atoms with Crippen molar-refractivity contribution in [2.45, 2.75) is 247 Å². The van der Waals surface area contributed by atoms with Gasteiger partial charge in [-0.2, -0.15) is 0 Å². The molecule has 0 saturated heterocycles. The smallest absolute Gasteiger partial charge is 0.124 e. The van der Waals surface area contributed by atoms with Crippen LogP contribution in [0.1, 0.15) is 230 Å². The standard InChI is InChI=1S/3C18H30O3S.3H3N/c1-2-3-4-5-6-7-8-9-10-11-14-17-15-12-13-16-18(17)22(19,20)21;1-2-3-4-5-6-7-8-9-10-11-13-17-14-12-15-18(16-17)22(19,20)21;1-2-3-4-5-6-7-8-9-10-11-12-17-13-15-18(16-14-17)22(19,20)21;;;/h12-13,15-16H,2-11,14H2,1H3,(H,19,20,21);12,14-16H,2-11,13H2,1H3,(H,19,20,21);13-16H,2-12H2,1H3,(H,19,20,21);3*1H3. The van der Waals surface area contributed by atoms with E-state index >= 15 is 0 Å². The summed E-state index contributed by atoms with van der Waals surface area (Å²) in [6, 6.07) is 19.3. The Balaban J connectivity index is -0.000000927. The van der Waals surface area contributed by atoms with E-state index in [2.05, 4.69) is 20.8 Å². The van der Waals surface area contributed by atoms with Crippen LogP contribution in [0, 0.1) is 0 Å². The molecule has 0 aliphatic heterocycles. The van der Waals surface area contributed by atoms with E-state index in [-0.39, 0.29) is 33.1 Å². The molecular formula is C54H99N3O9S3. The van der Waals surface area contributed by atoms with Gasteiger partial charge in [0.15, 0.2) is 0 Å². The zero-order valence-corrected chi connectivity index (χ0v) is 46.6. The second kappa shape index (κ2) is 44.0. The zero-order valence-electron chi connectivity index (χ0n) is 44.2. The molecule has 3 aromatic carbocycles. The average Bonchev–Trinajstić information content (AvgIpc) is 3.28. The summed E-state index contributed by atoms with van der Waals surface area (Å²) in [7, 11) is -13.0. The summed E-state index contributed by atoms with van der Waals surface area (Å²) in [5.41, 5.74) is 2.71. The average molecular weight is 1030 g/mol. The molecule has 0 bridgehead atoms. The van der Waals surface area contributed by atoms with Gasteiger partial charge in [0.1, 0.15) is 30.4 Å². The third-order valence-corrected chi connectivity index (χ3v) is 14.7. The number of benzene rings is 3. The topological polar surface area (TPSA) is 281 Å². The monoisotopic (exact) mass is 1030 g/mol. The van der Waals surface area contributed by atoms with Crippen LogP contribution in [0.3, 0.4) is 0 Å². The minimum Gasteiger partial charge on any atom is -0.744 e. The van der Waals surface area contributed by atoms with Gasteiger partial charge in [-0.1, -0.05) is 237 Å². The van der Waals surface area contributed by atoms with E-state index in [9.17, 15) is 38.9 Å². The predicted octanol–water partition coefficient (Wildman–Crippen LogP) is 16.3. The highest BCUT2D eigenvalue weighted by atomic mass is 32.2. The molecule has 0 heterocycles. The van der Waals surface area contributed by atoms with Crippen molar-refractivity contribution in [3.63, 3.8) is 0 Å². The zero-order chi connectivity index (χ0) is 48.8. The van der Waals surface area contributed by atoms with Gasteiger partial charge in [0.05, 0.1) is 14.7 Å². The van der Waals surface area contributed by atoms with Crippen molar-refractivity contribution in [3.8, 4) is 0 Å². The molecular weight excluding hydrogens is 931 g/mol. The second-order valence-electron chi connectivity index (χ2n) is 18.1.